The first kappa shape index (κ1) is 27.7. The molecule has 3 aromatic carbocycles. The summed E-state index contributed by atoms with van der Waals surface area (Å²) >= 11 is 6.12. The summed E-state index contributed by atoms with van der Waals surface area (Å²) in [5.41, 5.74) is 5.48. The van der Waals surface area contributed by atoms with Crippen molar-refractivity contribution in [3.05, 3.63) is 123 Å². The highest BCUT2D eigenvalue weighted by Crippen LogP contribution is 2.48. The number of carbonyl (C=O) groups is 2. The SMILES string of the molecule is CC[C@H](C)OC(=O)C1=C(C)NC2=C(C(=O)C[C@@H](c3ccc(Cl)cc3)C2)[C@@H]1c1ccccc1OCc1ccccc1. The molecule has 0 fully saturated rings. The summed E-state index contributed by atoms with van der Waals surface area (Å²) in [6.07, 6.45) is 1.45. The van der Waals surface area contributed by atoms with Crippen LogP contribution in [-0.2, 0) is 20.9 Å². The number of benzene rings is 3. The third kappa shape index (κ3) is 5.85. The molecule has 2 aliphatic rings. The number of nitrogens with one attached hydrogen (secondary N) is 1. The van der Waals surface area contributed by atoms with Crippen LogP contribution in [0.4, 0.5) is 0 Å². The first-order chi connectivity index (χ1) is 19.4. The van der Waals surface area contributed by atoms with Crippen molar-refractivity contribution in [2.45, 2.75) is 64.6 Å². The maximum absolute atomic E-state index is 14.0. The predicted octanol–water partition coefficient (Wildman–Crippen LogP) is 7.62. The third-order valence-corrected chi connectivity index (χ3v) is 7.99. The van der Waals surface area contributed by atoms with Gasteiger partial charge in [0, 0.05) is 34.0 Å². The molecule has 6 heteroatoms. The van der Waals surface area contributed by atoms with Crippen LogP contribution >= 0.6 is 11.6 Å². The number of halogens is 1. The van der Waals surface area contributed by atoms with E-state index in [1.807, 2.05) is 99.6 Å². The fourth-order valence-corrected chi connectivity index (χ4v) is 5.63. The van der Waals surface area contributed by atoms with Crippen molar-refractivity contribution >= 4 is 23.4 Å². The van der Waals surface area contributed by atoms with Gasteiger partial charge >= 0.3 is 5.97 Å². The zero-order valence-corrected chi connectivity index (χ0v) is 23.8. The molecule has 0 radical (unpaired) electrons. The zero-order valence-electron chi connectivity index (χ0n) is 23.1. The van der Waals surface area contributed by atoms with Gasteiger partial charge in [-0.15, -0.1) is 0 Å². The number of ether oxygens (including phenoxy) is 2. The Morgan fingerprint density at radius 2 is 1.70 bits per heavy atom. The summed E-state index contributed by atoms with van der Waals surface area (Å²) in [6, 6.07) is 25.3. The lowest BCUT2D eigenvalue weighted by Gasteiger charge is -2.37. The van der Waals surface area contributed by atoms with Gasteiger partial charge in [-0.1, -0.05) is 79.2 Å². The number of esters is 1. The van der Waals surface area contributed by atoms with Crippen LogP contribution in [0, 0.1) is 0 Å². The topological polar surface area (TPSA) is 64.6 Å². The highest BCUT2D eigenvalue weighted by atomic mass is 35.5. The summed E-state index contributed by atoms with van der Waals surface area (Å²) in [7, 11) is 0. The van der Waals surface area contributed by atoms with Crippen molar-refractivity contribution in [3.8, 4) is 5.75 Å². The van der Waals surface area contributed by atoms with Crippen molar-refractivity contribution in [3.63, 3.8) is 0 Å². The molecule has 5 rings (SSSR count). The van der Waals surface area contributed by atoms with Gasteiger partial charge in [0.25, 0.3) is 0 Å². The van der Waals surface area contributed by atoms with E-state index in [1.165, 1.54) is 0 Å². The predicted molar refractivity (Wildman–Crippen MR) is 157 cm³/mol. The first-order valence-corrected chi connectivity index (χ1v) is 14.2. The Labute approximate surface area is 240 Å². The maximum atomic E-state index is 14.0. The fraction of sp³-hybridized carbons (Fsp3) is 0.294. The Morgan fingerprint density at radius 1 is 1.00 bits per heavy atom. The number of hydrogen-bond donors (Lipinski definition) is 1. The number of ketones is 1. The van der Waals surface area contributed by atoms with E-state index in [4.69, 9.17) is 21.1 Å². The van der Waals surface area contributed by atoms with Gasteiger partial charge in [0.1, 0.15) is 12.4 Å². The van der Waals surface area contributed by atoms with Gasteiger partial charge in [0.2, 0.25) is 0 Å². The summed E-state index contributed by atoms with van der Waals surface area (Å²) < 4.78 is 12.1. The Bertz CT molecular complexity index is 1460. The van der Waals surface area contributed by atoms with Crippen LogP contribution in [0.3, 0.4) is 0 Å². The van der Waals surface area contributed by atoms with Crippen LogP contribution in [0.1, 0.15) is 68.6 Å². The molecule has 1 aliphatic heterocycles. The molecule has 0 saturated heterocycles. The average molecular weight is 556 g/mol. The minimum absolute atomic E-state index is 0.0119. The Morgan fingerprint density at radius 3 is 2.42 bits per heavy atom. The molecule has 0 bridgehead atoms. The highest BCUT2D eigenvalue weighted by Gasteiger charge is 2.42. The van der Waals surface area contributed by atoms with Crippen LogP contribution in [-0.4, -0.2) is 17.9 Å². The fourth-order valence-electron chi connectivity index (χ4n) is 5.51. The lowest BCUT2D eigenvalue weighted by Crippen LogP contribution is -2.36. The van der Waals surface area contributed by atoms with Crippen molar-refractivity contribution in [1.82, 2.24) is 5.32 Å². The smallest absolute Gasteiger partial charge is 0.337 e. The van der Waals surface area contributed by atoms with Crippen LogP contribution in [0.15, 0.2) is 101 Å². The number of carbonyl (C=O) groups excluding carboxylic acids is 2. The molecule has 5 nitrogen and oxygen atoms in total. The van der Waals surface area contributed by atoms with E-state index in [9.17, 15) is 9.59 Å². The number of dihydropyridines is 1. The maximum Gasteiger partial charge on any atom is 0.337 e. The molecule has 0 unspecified atom stereocenters. The molecule has 3 aromatic rings. The summed E-state index contributed by atoms with van der Waals surface area (Å²) in [5.74, 6) is -0.347. The molecular weight excluding hydrogens is 522 g/mol. The van der Waals surface area contributed by atoms with E-state index in [2.05, 4.69) is 5.32 Å². The van der Waals surface area contributed by atoms with Crippen LogP contribution < -0.4 is 10.1 Å². The molecule has 1 N–H and O–H groups in total. The number of hydrogen-bond acceptors (Lipinski definition) is 5. The van der Waals surface area contributed by atoms with Crippen LogP contribution in [0.25, 0.3) is 0 Å². The number of allylic oxidation sites excluding steroid dienone is 3. The molecule has 3 atom stereocenters. The summed E-state index contributed by atoms with van der Waals surface area (Å²) in [6.45, 7) is 6.11. The minimum Gasteiger partial charge on any atom is -0.489 e. The van der Waals surface area contributed by atoms with E-state index in [1.54, 1.807) is 0 Å². The van der Waals surface area contributed by atoms with E-state index >= 15 is 0 Å². The molecule has 0 saturated carbocycles. The quantitative estimate of drug-likeness (QED) is 0.290. The van der Waals surface area contributed by atoms with Crippen molar-refractivity contribution in [1.29, 1.82) is 0 Å². The van der Waals surface area contributed by atoms with Gasteiger partial charge in [0.05, 0.1) is 17.6 Å². The minimum atomic E-state index is -0.599. The number of Topliss-reactive ketones (excluding diaryl/α,β-unsaturated/α-hetero) is 1. The van der Waals surface area contributed by atoms with Gasteiger partial charge in [-0.05, 0) is 61.9 Å². The van der Waals surface area contributed by atoms with Crippen LogP contribution in [0.2, 0.25) is 5.02 Å². The highest BCUT2D eigenvalue weighted by molar-refractivity contribution is 6.30. The lowest BCUT2D eigenvalue weighted by atomic mass is 9.71. The van der Waals surface area contributed by atoms with Gasteiger partial charge in [-0.25, -0.2) is 4.79 Å². The van der Waals surface area contributed by atoms with Crippen LogP contribution in [0.5, 0.6) is 5.75 Å². The van der Waals surface area contributed by atoms with Gasteiger partial charge in [-0.2, -0.15) is 0 Å². The van der Waals surface area contributed by atoms with Gasteiger partial charge < -0.3 is 14.8 Å². The molecule has 40 heavy (non-hydrogen) atoms. The van der Waals surface area contributed by atoms with Gasteiger partial charge in [0.15, 0.2) is 5.78 Å². The molecule has 0 spiro atoms. The zero-order chi connectivity index (χ0) is 28.2. The largest absolute Gasteiger partial charge is 0.489 e. The Balaban J connectivity index is 1.57. The summed E-state index contributed by atoms with van der Waals surface area (Å²) in [5, 5.41) is 4.09. The number of para-hydroxylation sites is 1. The third-order valence-electron chi connectivity index (χ3n) is 7.74. The molecule has 0 amide bonds. The van der Waals surface area contributed by atoms with Gasteiger partial charge in [-0.3, -0.25) is 4.79 Å². The van der Waals surface area contributed by atoms with E-state index in [0.717, 1.165) is 22.4 Å². The normalized spacial score (nSPS) is 19.6. The Kier molecular flexibility index (Phi) is 8.41. The number of rotatable bonds is 8. The summed E-state index contributed by atoms with van der Waals surface area (Å²) in [4.78, 5) is 27.6. The van der Waals surface area contributed by atoms with E-state index in [-0.39, 0.29) is 17.8 Å². The second-order valence-electron chi connectivity index (χ2n) is 10.5. The molecule has 1 heterocycles. The standard InChI is InChI=1S/C34H34ClNO4/c1-4-21(2)40-34(38)31-22(3)36-28-18-25(24-14-16-26(35)17-15-24)19-29(37)33(28)32(31)27-12-8-9-13-30(27)39-20-23-10-6-5-7-11-23/h5-17,21,25,32,36H,4,18-20H2,1-3H3/t21-,25-,32+/m0/s1. The first-order valence-electron chi connectivity index (χ1n) is 13.8. The lowest BCUT2D eigenvalue weighted by molar-refractivity contribution is -0.144. The molecule has 1 aliphatic carbocycles. The van der Waals surface area contributed by atoms with E-state index in [0.29, 0.717) is 53.5 Å². The van der Waals surface area contributed by atoms with Crippen molar-refractivity contribution in [2.75, 3.05) is 0 Å². The molecule has 0 aromatic heterocycles. The van der Waals surface area contributed by atoms with E-state index < -0.39 is 11.9 Å². The molecular formula is C34H34ClNO4. The average Bonchev–Trinajstić information content (AvgIpc) is 2.96. The van der Waals surface area contributed by atoms with Crippen molar-refractivity contribution in [2.24, 2.45) is 0 Å². The van der Waals surface area contributed by atoms with Crippen molar-refractivity contribution < 1.29 is 19.1 Å². The molecule has 206 valence electrons. The second-order valence-corrected chi connectivity index (χ2v) is 10.9. The Hall–Kier alpha value is -3.83. The monoisotopic (exact) mass is 555 g/mol. The second kappa shape index (κ2) is 12.1.